The number of thioether (sulfide) groups is 1. The molecule has 0 radical (unpaired) electrons. The zero-order chi connectivity index (χ0) is 12.2. The van der Waals surface area contributed by atoms with Crippen LogP contribution >= 0.6 is 34.0 Å². The standard InChI is InChI=1S/C9H10Cl2O3S2/c1-15-5-4-14-8-3-2-7(10)6-9(8)16(11,12)13/h2-3,6H,4-5H2,1H3. The third-order valence-corrected chi connectivity index (χ3v) is 3.87. The number of ether oxygens (including phenoxy) is 1. The molecule has 0 bridgehead atoms. The molecule has 0 N–H and O–H groups in total. The monoisotopic (exact) mass is 300 g/mol. The van der Waals surface area contributed by atoms with Crippen LogP contribution in [0.5, 0.6) is 5.75 Å². The molecule has 0 spiro atoms. The van der Waals surface area contributed by atoms with E-state index in [1.165, 1.54) is 12.1 Å². The second-order valence-electron chi connectivity index (χ2n) is 2.87. The number of hydrogen-bond acceptors (Lipinski definition) is 4. The molecular weight excluding hydrogens is 291 g/mol. The Bertz CT molecular complexity index is 460. The maximum atomic E-state index is 11.3. The molecule has 0 saturated heterocycles. The fourth-order valence-corrected chi connectivity index (χ4v) is 2.51. The van der Waals surface area contributed by atoms with Crippen molar-refractivity contribution in [1.29, 1.82) is 0 Å². The third kappa shape index (κ3) is 4.05. The van der Waals surface area contributed by atoms with Gasteiger partial charge in [-0.2, -0.15) is 11.8 Å². The van der Waals surface area contributed by atoms with Crippen LogP contribution in [-0.4, -0.2) is 27.0 Å². The summed E-state index contributed by atoms with van der Waals surface area (Å²) in [5.41, 5.74) is 0. The van der Waals surface area contributed by atoms with Crippen LogP contribution in [-0.2, 0) is 9.05 Å². The molecule has 0 aliphatic rings. The van der Waals surface area contributed by atoms with Gasteiger partial charge in [0.15, 0.2) is 0 Å². The van der Waals surface area contributed by atoms with Gasteiger partial charge in [-0.05, 0) is 24.5 Å². The average molecular weight is 301 g/mol. The van der Waals surface area contributed by atoms with Crippen LogP contribution in [0.15, 0.2) is 23.1 Å². The first-order chi connectivity index (χ1) is 7.45. The van der Waals surface area contributed by atoms with Crippen LogP contribution in [0.1, 0.15) is 0 Å². The van der Waals surface area contributed by atoms with Crippen LogP contribution in [0.4, 0.5) is 0 Å². The molecule has 3 nitrogen and oxygen atoms in total. The smallest absolute Gasteiger partial charge is 0.265 e. The van der Waals surface area contributed by atoms with Gasteiger partial charge in [0, 0.05) is 21.5 Å². The van der Waals surface area contributed by atoms with E-state index >= 15 is 0 Å². The molecule has 1 aromatic rings. The van der Waals surface area contributed by atoms with Crippen molar-refractivity contribution in [2.75, 3.05) is 18.6 Å². The molecule has 1 aromatic carbocycles. The van der Waals surface area contributed by atoms with Crippen molar-refractivity contribution in [3.63, 3.8) is 0 Å². The lowest BCUT2D eigenvalue weighted by Crippen LogP contribution is -2.03. The Hall–Kier alpha value is -0.100. The van der Waals surface area contributed by atoms with E-state index in [2.05, 4.69) is 0 Å². The number of rotatable bonds is 5. The first-order valence-corrected chi connectivity index (χ1v) is 8.39. The lowest BCUT2D eigenvalue weighted by Gasteiger charge is -2.09. The quantitative estimate of drug-likeness (QED) is 0.619. The molecule has 0 saturated carbocycles. The van der Waals surface area contributed by atoms with Gasteiger partial charge >= 0.3 is 0 Å². The molecule has 0 amide bonds. The van der Waals surface area contributed by atoms with Gasteiger partial charge in [0.25, 0.3) is 9.05 Å². The highest BCUT2D eigenvalue weighted by atomic mass is 35.7. The molecular formula is C9H10Cl2O3S2. The minimum atomic E-state index is -3.84. The van der Waals surface area contributed by atoms with Crippen LogP contribution in [0.25, 0.3) is 0 Å². The van der Waals surface area contributed by atoms with E-state index in [0.717, 1.165) is 5.75 Å². The molecule has 90 valence electrons. The predicted octanol–water partition coefficient (Wildman–Crippen LogP) is 3.01. The largest absolute Gasteiger partial charge is 0.491 e. The van der Waals surface area contributed by atoms with Gasteiger partial charge < -0.3 is 4.74 Å². The Morgan fingerprint density at radius 1 is 1.44 bits per heavy atom. The lowest BCUT2D eigenvalue weighted by molar-refractivity contribution is 0.335. The first kappa shape index (κ1) is 14.0. The molecule has 0 aliphatic carbocycles. The Balaban J connectivity index is 2.99. The van der Waals surface area contributed by atoms with E-state index < -0.39 is 9.05 Å². The summed E-state index contributed by atoms with van der Waals surface area (Å²) in [6, 6.07) is 4.33. The lowest BCUT2D eigenvalue weighted by atomic mass is 10.3. The highest BCUT2D eigenvalue weighted by molar-refractivity contribution is 8.13. The van der Waals surface area contributed by atoms with Crippen molar-refractivity contribution in [3.8, 4) is 5.75 Å². The molecule has 7 heteroatoms. The van der Waals surface area contributed by atoms with Gasteiger partial charge in [0.2, 0.25) is 0 Å². The van der Waals surface area contributed by atoms with E-state index in [1.54, 1.807) is 17.8 Å². The fourth-order valence-electron chi connectivity index (χ4n) is 1.03. The summed E-state index contributed by atoms with van der Waals surface area (Å²) in [7, 11) is 1.44. The van der Waals surface area contributed by atoms with Crippen molar-refractivity contribution in [2.45, 2.75) is 4.90 Å². The van der Waals surface area contributed by atoms with E-state index in [1.807, 2.05) is 6.26 Å². The molecule has 0 aromatic heterocycles. The molecule has 16 heavy (non-hydrogen) atoms. The van der Waals surface area contributed by atoms with Crippen LogP contribution in [0, 0.1) is 0 Å². The van der Waals surface area contributed by atoms with Gasteiger partial charge in [-0.3, -0.25) is 0 Å². The van der Waals surface area contributed by atoms with Gasteiger partial charge in [0.1, 0.15) is 10.6 Å². The molecule has 0 aliphatic heterocycles. The number of benzene rings is 1. The molecule has 0 fully saturated rings. The normalized spacial score (nSPS) is 11.4. The van der Waals surface area contributed by atoms with Crippen molar-refractivity contribution >= 4 is 43.1 Å². The van der Waals surface area contributed by atoms with Gasteiger partial charge in [-0.25, -0.2) is 8.42 Å². The zero-order valence-corrected chi connectivity index (χ0v) is 11.6. The summed E-state index contributed by atoms with van der Waals surface area (Å²) in [6.45, 7) is 0.419. The Kier molecular flexibility index (Phi) is 5.24. The minimum Gasteiger partial charge on any atom is -0.491 e. The molecule has 1 rings (SSSR count). The molecule has 0 unspecified atom stereocenters. The van der Waals surface area contributed by atoms with E-state index in [-0.39, 0.29) is 10.6 Å². The maximum absolute atomic E-state index is 11.3. The Morgan fingerprint density at radius 3 is 2.69 bits per heavy atom. The van der Waals surface area contributed by atoms with Crippen molar-refractivity contribution in [3.05, 3.63) is 23.2 Å². The van der Waals surface area contributed by atoms with E-state index in [0.29, 0.717) is 11.6 Å². The SMILES string of the molecule is CSCCOc1ccc(Cl)cc1S(=O)(=O)Cl. The van der Waals surface area contributed by atoms with E-state index in [9.17, 15) is 8.42 Å². The average Bonchev–Trinajstić information content (AvgIpc) is 2.19. The fraction of sp³-hybridized carbons (Fsp3) is 0.333. The summed E-state index contributed by atoms with van der Waals surface area (Å²) in [5, 5.41) is 0.302. The Labute approximate surface area is 108 Å². The van der Waals surface area contributed by atoms with Crippen LogP contribution in [0.2, 0.25) is 5.02 Å². The van der Waals surface area contributed by atoms with Crippen LogP contribution < -0.4 is 4.74 Å². The van der Waals surface area contributed by atoms with Gasteiger partial charge in [-0.15, -0.1) is 0 Å². The third-order valence-electron chi connectivity index (χ3n) is 1.71. The van der Waals surface area contributed by atoms with Gasteiger partial charge in [0.05, 0.1) is 6.61 Å². The maximum Gasteiger partial charge on any atom is 0.265 e. The number of hydrogen-bond donors (Lipinski definition) is 0. The second-order valence-corrected chi connectivity index (χ2v) is 6.83. The Morgan fingerprint density at radius 2 is 2.12 bits per heavy atom. The summed E-state index contributed by atoms with van der Waals surface area (Å²) < 4.78 is 27.8. The number of halogens is 2. The van der Waals surface area contributed by atoms with E-state index in [4.69, 9.17) is 27.0 Å². The highest BCUT2D eigenvalue weighted by Crippen LogP contribution is 2.29. The first-order valence-electron chi connectivity index (χ1n) is 4.31. The summed E-state index contributed by atoms with van der Waals surface area (Å²) >= 11 is 7.31. The molecule has 0 heterocycles. The topological polar surface area (TPSA) is 43.4 Å². The summed E-state index contributed by atoms with van der Waals surface area (Å²) in [6.07, 6.45) is 1.93. The second kappa shape index (κ2) is 6.00. The highest BCUT2D eigenvalue weighted by Gasteiger charge is 2.17. The predicted molar refractivity (Wildman–Crippen MR) is 68.4 cm³/mol. The molecule has 0 atom stereocenters. The summed E-state index contributed by atoms with van der Waals surface area (Å²) in [5.74, 6) is 0.998. The van der Waals surface area contributed by atoms with Gasteiger partial charge in [-0.1, -0.05) is 11.6 Å². The zero-order valence-electron chi connectivity index (χ0n) is 8.44. The van der Waals surface area contributed by atoms with Crippen molar-refractivity contribution in [2.24, 2.45) is 0 Å². The van der Waals surface area contributed by atoms with Crippen LogP contribution in [0.3, 0.4) is 0 Å². The minimum absolute atomic E-state index is 0.0947. The van der Waals surface area contributed by atoms with Crippen molar-refractivity contribution < 1.29 is 13.2 Å². The van der Waals surface area contributed by atoms with Crippen molar-refractivity contribution in [1.82, 2.24) is 0 Å². The summed E-state index contributed by atoms with van der Waals surface area (Å²) in [4.78, 5) is -0.0947.